The summed E-state index contributed by atoms with van der Waals surface area (Å²) in [4.78, 5) is 12.5. The van der Waals surface area contributed by atoms with Gasteiger partial charge in [-0.3, -0.25) is 9.69 Å². The molecule has 7 heteroatoms. The van der Waals surface area contributed by atoms with Gasteiger partial charge in [0, 0.05) is 6.54 Å². The van der Waals surface area contributed by atoms with Crippen molar-refractivity contribution >= 4 is 5.91 Å². The van der Waals surface area contributed by atoms with Crippen molar-refractivity contribution in [3.63, 3.8) is 0 Å². The molecule has 0 aliphatic heterocycles. The summed E-state index contributed by atoms with van der Waals surface area (Å²) in [7, 11) is 1.57. The number of carbonyl (C=O) groups excluding carboxylic acids is 1. The van der Waals surface area contributed by atoms with Crippen molar-refractivity contribution in [3.8, 4) is 6.07 Å². The molecule has 0 aromatic heterocycles. The normalized spacial score (nSPS) is 13.3. The number of hydrogen-bond donors (Lipinski definition) is 1. The Morgan fingerprint density at radius 3 is 2.56 bits per heavy atom. The van der Waals surface area contributed by atoms with Crippen LogP contribution in [0.4, 0.5) is 13.2 Å². The lowest BCUT2D eigenvalue weighted by molar-refractivity contribution is -0.138. The molecular formula is C9H14F3N3O. The molecule has 0 radical (unpaired) electrons. The zero-order chi connectivity index (χ0) is 12.8. The lowest BCUT2D eigenvalue weighted by Gasteiger charge is -2.17. The molecule has 16 heavy (non-hydrogen) atoms. The highest BCUT2D eigenvalue weighted by Gasteiger charge is 2.27. The number of nitrogens with one attached hydrogen (secondary N) is 1. The number of alkyl halides is 3. The van der Waals surface area contributed by atoms with Crippen molar-refractivity contribution in [2.75, 3.05) is 26.7 Å². The lowest BCUT2D eigenvalue weighted by Crippen LogP contribution is -2.40. The van der Waals surface area contributed by atoms with E-state index in [1.807, 2.05) is 6.07 Å². The maximum absolute atomic E-state index is 11.7. The fraction of sp³-hybridized carbons (Fsp3) is 0.778. The smallest absolute Gasteiger partial charge is 0.346 e. The SMILES string of the molecule is CC(C#N)CN(C)CC(=O)NCC(F)(F)F. The van der Waals surface area contributed by atoms with Gasteiger partial charge in [0.05, 0.1) is 18.5 Å². The number of nitrogens with zero attached hydrogens (tertiary/aromatic N) is 2. The van der Waals surface area contributed by atoms with Crippen LogP contribution < -0.4 is 5.32 Å². The van der Waals surface area contributed by atoms with Gasteiger partial charge in [-0.05, 0) is 14.0 Å². The minimum Gasteiger partial charge on any atom is -0.346 e. The van der Waals surface area contributed by atoms with Crippen LogP contribution in [0.2, 0.25) is 0 Å². The van der Waals surface area contributed by atoms with Crippen LogP contribution in [0.5, 0.6) is 0 Å². The third-order valence-electron chi connectivity index (χ3n) is 1.71. The van der Waals surface area contributed by atoms with Gasteiger partial charge in [-0.15, -0.1) is 0 Å². The van der Waals surface area contributed by atoms with Gasteiger partial charge in [-0.2, -0.15) is 18.4 Å². The molecule has 1 atom stereocenters. The monoisotopic (exact) mass is 237 g/mol. The first-order chi connectivity index (χ1) is 7.24. The average molecular weight is 237 g/mol. The Hall–Kier alpha value is -1.29. The van der Waals surface area contributed by atoms with Gasteiger partial charge in [-0.25, -0.2) is 0 Å². The van der Waals surface area contributed by atoms with Crippen LogP contribution in [0.1, 0.15) is 6.92 Å². The van der Waals surface area contributed by atoms with Gasteiger partial charge in [0.15, 0.2) is 0 Å². The lowest BCUT2D eigenvalue weighted by atomic mass is 10.2. The number of hydrogen-bond acceptors (Lipinski definition) is 3. The van der Waals surface area contributed by atoms with Crippen LogP contribution in [-0.4, -0.2) is 43.7 Å². The number of likely N-dealkylation sites (N-methyl/N-ethyl adjacent to an activating group) is 1. The van der Waals surface area contributed by atoms with Crippen LogP contribution >= 0.6 is 0 Å². The van der Waals surface area contributed by atoms with E-state index >= 15 is 0 Å². The largest absolute Gasteiger partial charge is 0.405 e. The van der Waals surface area contributed by atoms with E-state index in [0.29, 0.717) is 6.54 Å². The van der Waals surface area contributed by atoms with E-state index in [4.69, 9.17) is 5.26 Å². The van der Waals surface area contributed by atoms with Crippen molar-refractivity contribution < 1.29 is 18.0 Å². The third kappa shape index (κ3) is 8.05. The molecule has 0 aliphatic rings. The molecule has 0 fully saturated rings. The number of rotatable bonds is 5. The molecule has 92 valence electrons. The zero-order valence-electron chi connectivity index (χ0n) is 9.14. The van der Waals surface area contributed by atoms with Gasteiger partial charge >= 0.3 is 6.18 Å². The van der Waals surface area contributed by atoms with E-state index < -0.39 is 18.6 Å². The van der Waals surface area contributed by atoms with Crippen LogP contribution in [0.25, 0.3) is 0 Å². The van der Waals surface area contributed by atoms with Gasteiger partial charge in [-0.1, -0.05) is 0 Å². The molecule has 0 aromatic rings. The predicted octanol–water partition coefficient (Wildman–Crippen LogP) is 0.756. The molecule has 1 N–H and O–H groups in total. The molecule has 1 unspecified atom stereocenters. The molecule has 4 nitrogen and oxygen atoms in total. The standard InChI is InChI=1S/C9H14F3N3O/c1-7(3-13)4-15(2)5-8(16)14-6-9(10,11)12/h7H,4-6H2,1-2H3,(H,14,16). The van der Waals surface area contributed by atoms with Gasteiger partial charge < -0.3 is 5.32 Å². The van der Waals surface area contributed by atoms with Crippen molar-refractivity contribution in [3.05, 3.63) is 0 Å². The number of nitriles is 1. The summed E-state index contributed by atoms with van der Waals surface area (Å²) in [6, 6.07) is 1.97. The second kappa shape index (κ2) is 6.33. The van der Waals surface area contributed by atoms with E-state index in [-0.39, 0.29) is 12.5 Å². The van der Waals surface area contributed by atoms with E-state index in [0.717, 1.165) is 0 Å². The first kappa shape index (κ1) is 14.7. The number of halogens is 3. The topological polar surface area (TPSA) is 56.1 Å². The highest BCUT2D eigenvalue weighted by atomic mass is 19.4. The predicted molar refractivity (Wildman–Crippen MR) is 51.3 cm³/mol. The Morgan fingerprint density at radius 1 is 1.56 bits per heavy atom. The maximum atomic E-state index is 11.7. The molecular weight excluding hydrogens is 223 g/mol. The van der Waals surface area contributed by atoms with Gasteiger partial charge in [0.25, 0.3) is 0 Å². The fourth-order valence-corrected chi connectivity index (χ4v) is 1.07. The van der Waals surface area contributed by atoms with Crippen LogP contribution in [0, 0.1) is 17.2 Å². The summed E-state index contributed by atoms with van der Waals surface area (Å²) in [5, 5.41) is 10.3. The van der Waals surface area contributed by atoms with E-state index in [1.54, 1.807) is 19.3 Å². The van der Waals surface area contributed by atoms with Crippen molar-refractivity contribution in [1.29, 1.82) is 5.26 Å². The fourth-order valence-electron chi connectivity index (χ4n) is 1.07. The Morgan fingerprint density at radius 2 is 2.12 bits per heavy atom. The molecule has 0 aromatic carbocycles. The molecule has 1 amide bonds. The van der Waals surface area contributed by atoms with Crippen LogP contribution in [-0.2, 0) is 4.79 Å². The van der Waals surface area contributed by atoms with E-state index in [9.17, 15) is 18.0 Å². The highest BCUT2D eigenvalue weighted by molar-refractivity contribution is 5.78. The molecule has 0 heterocycles. The van der Waals surface area contributed by atoms with Crippen molar-refractivity contribution in [1.82, 2.24) is 10.2 Å². The van der Waals surface area contributed by atoms with Crippen LogP contribution in [0.3, 0.4) is 0 Å². The molecule has 0 rings (SSSR count). The van der Waals surface area contributed by atoms with Crippen molar-refractivity contribution in [2.45, 2.75) is 13.1 Å². The third-order valence-corrected chi connectivity index (χ3v) is 1.71. The second-order valence-corrected chi connectivity index (χ2v) is 3.62. The Labute approximate surface area is 92.0 Å². The summed E-state index contributed by atoms with van der Waals surface area (Å²) in [6.45, 7) is 0.537. The first-order valence-corrected chi connectivity index (χ1v) is 4.66. The Balaban J connectivity index is 3.84. The summed E-state index contributed by atoms with van der Waals surface area (Å²) < 4.78 is 35.2. The molecule has 0 aliphatic carbocycles. The number of carbonyl (C=O) groups is 1. The maximum Gasteiger partial charge on any atom is 0.405 e. The van der Waals surface area contributed by atoms with E-state index in [2.05, 4.69) is 0 Å². The molecule has 0 spiro atoms. The summed E-state index contributed by atoms with van der Waals surface area (Å²) in [6.07, 6.45) is -4.39. The molecule has 0 bridgehead atoms. The minimum absolute atomic E-state index is 0.151. The van der Waals surface area contributed by atoms with Gasteiger partial charge in [0.2, 0.25) is 5.91 Å². The minimum atomic E-state index is -4.39. The van der Waals surface area contributed by atoms with E-state index in [1.165, 1.54) is 4.90 Å². The van der Waals surface area contributed by atoms with Crippen molar-refractivity contribution in [2.24, 2.45) is 5.92 Å². The zero-order valence-corrected chi connectivity index (χ0v) is 9.14. The summed E-state index contributed by atoms with van der Waals surface area (Å²) in [5.74, 6) is -0.967. The van der Waals surface area contributed by atoms with Crippen LogP contribution in [0.15, 0.2) is 0 Å². The molecule has 0 saturated carbocycles. The highest BCUT2D eigenvalue weighted by Crippen LogP contribution is 2.11. The number of amides is 1. The Bertz CT molecular complexity index is 272. The summed E-state index contributed by atoms with van der Waals surface area (Å²) >= 11 is 0. The quantitative estimate of drug-likeness (QED) is 0.768. The average Bonchev–Trinajstić information content (AvgIpc) is 2.13. The molecule has 0 saturated heterocycles. The summed E-state index contributed by atoms with van der Waals surface area (Å²) in [5.41, 5.74) is 0. The second-order valence-electron chi connectivity index (χ2n) is 3.62. The first-order valence-electron chi connectivity index (χ1n) is 4.66. The van der Waals surface area contributed by atoms with Gasteiger partial charge in [0.1, 0.15) is 6.54 Å². The Kier molecular flexibility index (Phi) is 5.82.